The molecule has 2 aliphatic rings. The molecule has 0 bridgehead atoms. The number of aryl methyl sites for hydroxylation is 2. The van der Waals surface area contributed by atoms with Crippen LogP contribution in [0.4, 0.5) is 5.69 Å². The Hall–Kier alpha value is -2.75. The molecule has 2 aromatic rings. The number of anilines is 1. The number of ether oxygens (including phenoxy) is 1. The van der Waals surface area contributed by atoms with Crippen molar-refractivity contribution in [3.63, 3.8) is 0 Å². The van der Waals surface area contributed by atoms with E-state index in [1.54, 1.807) is 30.3 Å². The van der Waals surface area contributed by atoms with Gasteiger partial charge < -0.3 is 4.74 Å². The second kappa shape index (κ2) is 8.07. The van der Waals surface area contributed by atoms with Crippen LogP contribution >= 0.6 is 0 Å². The van der Waals surface area contributed by atoms with Crippen molar-refractivity contribution in [2.24, 2.45) is 0 Å². The molecule has 2 aliphatic heterocycles. The van der Waals surface area contributed by atoms with Gasteiger partial charge in [0.25, 0.3) is 5.78 Å². The van der Waals surface area contributed by atoms with Crippen LogP contribution in [0.2, 0.25) is 0 Å². The first-order valence-electron chi connectivity index (χ1n) is 10.1. The zero-order chi connectivity index (χ0) is 22.3. The molecular formula is C22H25N3O5S. The molecule has 0 unspecified atom stereocenters. The van der Waals surface area contributed by atoms with Crippen LogP contribution in [0, 0.1) is 13.8 Å². The molecule has 0 radical (unpaired) electrons. The number of hydrogen-bond acceptors (Lipinski definition) is 6. The Morgan fingerprint density at radius 3 is 2.29 bits per heavy atom. The number of methoxy groups -OCH3 is 1. The number of amides is 1. The topological polar surface area (TPSA) is 87.2 Å². The number of carbonyl (C=O) groups is 2. The molecule has 1 saturated heterocycles. The zero-order valence-corrected chi connectivity index (χ0v) is 18.6. The average molecular weight is 444 g/mol. The quantitative estimate of drug-likeness (QED) is 0.655. The third-order valence-electron chi connectivity index (χ3n) is 5.97. The van der Waals surface area contributed by atoms with Gasteiger partial charge in [-0.15, -0.1) is 0 Å². The van der Waals surface area contributed by atoms with Gasteiger partial charge in [-0.25, -0.2) is 8.42 Å². The smallest absolute Gasteiger partial charge is 0.300 e. The molecule has 0 aliphatic carbocycles. The van der Waals surface area contributed by atoms with Crippen LogP contribution < -0.4 is 9.64 Å². The van der Waals surface area contributed by atoms with Gasteiger partial charge in [-0.2, -0.15) is 4.31 Å². The van der Waals surface area contributed by atoms with Gasteiger partial charge in [0, 0.05) is 32.2 Å². The van der Waals surface area contributed by atoms with Gasteiger partial charge in [0.05, 0.1) is 29.9 Å². The maximum Gasteiger partial charge on any atom is 0.300 e. The fraction of sp³-hybridized carbons (Fsp3) is 0.364. The first-order valence-corrected chi connectivity index (χ1v) is 11.5. The van der Waals surface area contributed by atoms with Gasteiger partial charge in [-0.3, -0.25) is 19.4 Å². The van der Waals surface area contributed by atoms with Crippen LogP contribution in [0.5, 0.6) is 5.75 Å². The average Bonchev–Trinajstić information content (AvgIpc) is 3.00. The number of hydrogen-bond donors (Lipinski definition) is 0. The minimum absolute atomic E-state index is 0.224. The number of benzene rings is 2. The highest BCUT2D eigenvalue weighted by Gasteiger charge is 2.38. The number of nitrogens with zero attached hydrogens (tertiary/aromatic N) is 3. The molecule has 4 rings (SSSR count). The Morgan fingerprint density at radius 1 is 0.935 bits per heavy atom. The standard InChI is InChI=1S/C22H25N3O5S/c1-15-4-6-18(12-16(15)2)31(28,29)24-10-8-23(9-11-24)14-25-20-13-17(30-3)5-7-19(20)21(26)22(25)27/h4-7,12-13H,8-11,14H2,1-3H3. The molecule has 2 aromatic carbocycles. The van der Waals surface area contributed by atoms with Crippen molar-refractivity contribution >= 4 is 27.4 Å². The van der Waals surface area contributed by atoms with Crippen molar-refractivity contribution in [3.8, 4) is 5.75 Å². The maximum atomic E-state index is 13.0. The van der Waals surface area contributed by atoms with E-state index in [0.29, 0.717) is 48.1 Å². The second-order valence-electron chi connectivity index (χ2n) is 7.85. The monoisotopic (exact) mass is 443 g/mol. The number of sulfonamides is 1. The molecule has 1 fully saturated rings. The summed E-state index contributed by atoms with van der Waals surface area (Å²) in [5.41, 5.74) is 2.87. The van der Waals surface area contributed by atoms with Crippen molar-refractivity contribution in [3.05, 3.63) is 53.1 Å². The molecule has 0 saturated carbocycles. The molecule has 31 heavy (non-hydrogen) atoms. The summed E-state index contributed by atoms with van der Waals surface area (Å²) < 4.78 is 32.7. The molecule has 8 nitrogen and oxygen atoms in total. The SMILES string of the molecule is COc1ccc2c(c1)N(CN1CCN(S(=O)(=O)c3ccc(C)c(C)c3)CC1)C(=O)C2=O. The largest absolute Gasteiger partial charge is 0.497 e. The van der Waals surface area contributed by atoms with Crippen LogP contribution in [0.3, 0.4) is 0 Å². The predicted octanol–water partition coefficient (Wildman–Crippen LogP) is 1.81. The minimum atomic E-state index is -3.57. The predicted molar refractivity (Wildman–Crippen MR) is 116 cm³/mol. The minimum Gasteiger partial charge on any atom is -0.497 e. The third-order valence-corrected chi connectivity index (χ3v) is 7.86. The number of piperazine rings is 1. The van der Waals surface area contributed by atoms with Gasteiger partial charge in [0.15, 0.2) is 0 Å². The van der Waals surface area contributed by atoms with E-state index < -0.39 is 21.7 Å². The van der Waals surface area contributed by atoms with Crippen LogP contribution in [0.15, 0.2) is 41.3 Å². The Labute approximate surface area is 182 Å². The van der Waals surface area contributed by atoms with Crippen molar-refractivity contribution < 1.29 is 22.7 Å². The van der Waals surface area contributed by atoms with E-state index >= 15 is 0 Å². The highest BCUT2D eigenvalue weighted by atomic mass is 32.2. The normalized spacial score (nSPS) is 17.8. The summed E-state index contributed by atoms with van der Waals surface area (Å²) in [6.07, 6.45) is 0. The summed E-state index contributed by atoms with van der Waals surface area (Å²) in [6, 6.07) is 10.1. The van der Waals surface area contributed by atoms with E-state index in [9.17, 15) is 18.0 Å². The summed E-state index contributed by atoms with van der Waals surface area (Å²) in [7, 11) is -2.05. The molecular weight excluding hydrogens is 418 g/mol. The Kier molecular flexibility index (Phi) is 5.59. The summed E-state index contributed by atoms with van der Waals surface area (Å²) in [6.45, 7) is 5.62. The highest BCUT2D eigenvalue weighted by molar-refractivity contribution is 7.89. The van der Waals surface area contributed by atoms with Gasteiger partial charge >= 0.3 is 5.91 Å². The van der Waals surface area contributed by atoms with Crippen molar-refractivity contribution in [1.82, 2.24) is 9.21 Å². The molecule has 164 valence electrons. The molecule has 1 amide bonds. The zero-order valence-electron chi connectivity index (χ0n) is 17.8. The van der Waals surface area contributed by atoms with Crippen LogP contribution in [-0.2, 0) is 14.8 Å². The van der Waals surface area contributed by atoms with Crippen LogP contribution in [0.1, 0.15) is 21.5 Å². The third kappa shape index (κ3) is 3.84. The number of ketones is 1. The molecule has 0 aromatic heterocycles. The van der Waals surface area contributed by atoms with E-state index in [4.69, 9.17) is 4.74 Å². The molecule has 0 atom stereocenters. The van der Waals surface area contributed by atoms with E-state index in [-0.39, 0.29) is 6.67 Å². The van der Waals surface area contributed by atoms with Crippen LogP contribution in [-0.4, -0.2) is 69.3 Å². The Balaban J connectivity index is 1.46. The lowest BCUT2D eigenvalue weighted by Gasteiger charge is -2.36. The second-order valence-corrected chi connectivity index (χ2v) is 9.79. The van der Waals surface area contributed by atoms with Gasteiger partial charge in [0.1, 0.15) is 5.75 Å². The van der Waals surface area contributed by atoms with Crippen molar-refractivity contribution in [1.29, 1.82) is 0 Å². The van der Waals surface area contributed by atoms with E-state index in [1.165, 1.54) is 16.3 Å². The van der Waals surface area contributed by atoms with Gasteiger partial charge in [-0.05, 0) is 49.2 Å². The highest BCUT2D eigenvalue weighted by Crippen LogP contribution is 2.32. The lowest BCUT2D eigenvalue weighted by atomic mass is 10.1. The summed E-state index contributed by atoms with van der Waals surface area (Å²) >= 11 is 0. The first-order chi connectivity index (χ1) is 14.7. The molecule has 0 N–H and O–H groups in total. The van der Waals surface area contributed by atoms with Gasteiger partial charge in [0.2, 0.25) is 10.0 Å². The van der Waals surface area contributed by atoms with E-state index in [0.717, 1.165) is 11.1 Å². The van der Waals surface area contributed by atoms with E-state index in [1.807, 2.05) is 24.8 Å². The fourth-order valence-corrected chi connectivity index (χ4v) is 5.38. The lowest BCUT2D eigenvalue weighted by Crippen LogP contribution is -2.52. The molecule has 2 heterocycles. The number of Topliss-reactive ketones (excluding diaryl/α,β-unsaturated/α-hetero) is 1. The lowest BCUT2D eigenvalue weighted by molar-refractivity contribution is -0.114. The Bertz CT molecular complexity index is 1150. The first kappa shape index (κ1) is 21.5. The Morgan fingerprint density at radius 2 is 1.65 bits per heavy atom. The summed E-state index contributed by atoms with van der Waals surface area (Å²) in [4.78, 5) is 28.5. The number of carbonyl (C=O) groups excluding carboxylic acids is 2. The fourth-order valence-electron chi connectivity index (χ4n) is 3.88. The van der Waals surface area contributed by atoms with Crippen molar-refractivity contribution in [2.45, 2.75) is 18.7 Å². The summed E-state index contributed by atoms with van der Waals surface area (Å²) in [5, 5.41) is 0. The number of fused-ring (bicyclic) bond motifs is 1. The maximum absolute atomic E-state index is 13.0. The molecule has 9 heteroatoms. The van der Waals surface area contributed by atoms with Crippen molar-refractivity contribution in [2.75, 3.05) is 44.9 Å². The summed E-state index contributed by atoms with van der Waals surface area (Å²) in [5.74, 6) is -0.544. The van der Waals surface area contributed by atoms with Crippen LogP contribution in [0.25, 0.3) is 0 Å². The van der Waals surface area contributed by atoms with E-state index in [2.05, 4.69) is 0 Å². The molecule has 0 spiro atoms. The number of rotatable bonds is 5. The van der Waals surface area contributed by atoms with Gasteiger partial charge in [-0.1, -0.05) is 6.07 Å².